The van der Waals surface area contributed by atoms with Crippen LogP contribution in [0.3, 0.4) is 0 Å². The third-order valence-corrected chi connectivity index (χ3v) is 4.01. The van der Waals surface area contributed by atoms with Gasteiger partial charge in [-0.15, -0.1) is 0 Å². The zero-order valence-electron chi connectivity index (χ0n) is 13.6. The van der Waals surface area contributed by atoms with Crippen molar-refractivity contribution in [3.05, 3.63) is 18.2 Å². The minimum absolute atomic E-state index is 0.137. The number of hydrogen-bond donors (Lipinski definition) is 2. The van der Waals surface area contributed by atoms with Gasteiger partial charge in [-0.3, -0.25) is 0 Å². The summed E-state index contributed by atoms with van der Waals surface area (Å²) in [6.45, 7) is 10.9. The molecule has 0 spiro atoms. The van der Waals surface area contributed by atoms with Gasteiger partial charge in [0.15, 0.2) is 0 Å². The van der Waals surface area contributed by atoms with Crippen LogP contribution in [-0.2, 0) is 0 Å². The quantitative estimate of drug-likeness (QED) is 0.790. The summed E-state index contributed by atoms with van der Waals surface area (Å²) in [7, 11) is 0. The molecule has 1 aliphatic heterocycles. The van der Waals surface area contributed by atoms with Crippen molar-refractivity contribution in [2.45, 2.75) is 39.7 Å². The first-order valence-corrected chi connectivity index (χ1v) is 8.07. The minimum atomic E-state index is 0.137. The molecule has 2 rings (SSSR count). The molecule has 1 aromatic carbocycles. The number of anilines is 2. The van der Waals surface area contributed by atoms with Gasteiger partial charge in [-0.25, -0.2) is 0 Å². The topological polar surface area (TPSA) is 50.5 Å². The summed E-state index contributed by atoms with van der Waals surface area (Å²) < 4.78 is 5.72. The molecule has 118 valence electrons. The summed E-state index contributed by atoms with van der Waals surface area (Å²) in [6, 6.07) is 5.91. The standard InChI is InChI=1S/C17H29N3O/c1-13(2)21-17-12-15(4-5-16(17)18)19-8-11-20-9-6-14(3)7-10-20/h4-5,12-14,19H,6-11,18H2,1-3H3. The van der Waals surface area contributed by atoms with E-state index in [1.165, 1.54) is 25.9 Å². The van der Waals surface area contributed by atoms with E-state index in [0.29, 0.717) is 5.69 Å². The third-order valence-electron chi connectivity index (χ3n) is 4.01. The number of benzene rings is 1. The molecule has 0 unspecified atom stereocenters. The van der Waals surface area contributed by atoms with E-state index in [4.69, 9.17) is 10.5 Å². The highest BCUT2D eigenvalue weighted by atomic mass is 16.5. The van der Waals surface area contributed by atoms with E-state index in [9.17, 15) is 0 Å². The average molecular weight is 291 g/mol. The normalized spacial score (nSPS) is 17.1. The fourth-order valence-electron chi connectivity index (χ4n) is 2.64. The predicted octanol–water partition coefficient (Wildman–Crippen LogP) is 3.20. The van der Waals surface area contributed by atoms with Crippen LogP contribution < -0.4 is 15.8 Å². The summed E-state index contributed by atoms with van der Waals surface area (Å²) in [6.07, 6.45) is 2.79. The molecule has 4 heteroatoms. The first kappa shape index (κ1) is 16.0. The van der Waals surface area contributed by atoms with Crippen LogP contribution in [0.25, 0.3) is 0 Å². The van der Waals surface area contributed by atoms with Gasteiger partial charge in [0.05, 0.1) is 11.8 Å². The number of nitrogens with one attached hydrogen (secondary N) is 1. The summed E-state index contributed by atoms with van der Waals surface area (Å²) in [5, 5.41) is 3.47. The van der Waals surface area contributed by atoms with Gasteiger partial charge in [0.1, 0.15) is 5.75 Å². The summed E-state index contributed by atoms with van der Waals surface area (Å²) >= 11 is 0. The van der Waals surface area contributed by atoms with Gasteiger partial charge in [0, 0.05) is 24.8 Å². The molecule has 0 amide bonds. The van der Waals surface area contributed by atoms with Gasteiger partial charge >= 0.3 is 0 Å². The largest absolute Gasteiger partial charge is 0.489 e. The van der Waals surface area contributed by atoms with Gasteiger partial charge < -0.3 is 20.7 Å². The van der Waals surface area contributed by atoms with Crippen LogP contribution >= 0.6 is 0 Å². The monoisotopic (exact) mass is 291 g/mol. The zero-order valence-corrected chi connectivity index (χ0v) is 13.6. The van der Waals surface area contributed by atoms with Gasteiger partial charge in [0.2, 0.25) is 0 Å². The zero-order chi connectivity index (χ0) is 15.2. The van der Waals surface area contributed by atoms with Crippen molar-refractivity contribution >= 4 is 11.4 Å². The van der Waals surface area contributed by atoms with Crippen molar-refractivity contribution in [3.63, 3.8) is 0 Å². The molecule has 1 fully saturated rings. The number of piperidine rings is 1. The van der Waals surface area contributed by atoms with Crippen LogP contribution in [-0.4, -0.2) is 37.2 Å². The number of ether oxygens (including phenoxy) is 1. The van der Waals surface area contributed by atoms with E-state index < -0.39 is 0 Å². The van der Waals surface area contributed by atoms with Crippen molar-refractivity contribution < 1.29 is 4.74 Å². The molecule has 0 radical (unpaired) electrons. The average Bonchev–Trinajstić information content (AvgIpc) is 2.44. The van der Waals surface area contributed by atoms with Crippen LogP contribution in [0.4, 0.5) is 11.4 Å². The Morgan fingerprint density at radius 1 is 1.33 bits per heavy atom. The molecule has 21 heavy (non-hydrogen) atoms. The van der Waals surface area contributed by atoms with Crippen molar-refractivity contribution in [3.8, 4) is 5.75 Å². The lowest BCUT2D eigenvalue weighted by Crippen LogP contribution is -2.36. The van der Waals surface area contributed by atoms with E-state index in [-0.39, 0.29) is 6.10 Å². The third kappa shape index (κ3) is 5.12. The maximum atomic E-state index is 5.94. The molecule has 0 aromatic heterocycles. The molecular formula is C17H29N3O. The molecule has 0 atom stereocenters. The first-order chi connectivity index (χ1) is 10.0. The molecule has 1 aliphatic rings. The van der Waals surface area contributed by atoms with E-state index in [0.717, 1.165) is 30.4 Å². The fourth-order valence-corrected chi connectivity index (χ4v) is 2.64. The van der Waals surface area contributed by atoms with Gasteiger partial charge in [-0.05, 0) is 57.8 Å². The van der Waals surface area contributed by atoms with Crippen molar-refractivity contribution in [1.29, 1.82) is 0 Å². The Kier molecular flexibility index (Phi) is 5.74. The lowest BCUT2D eigenvalue weighted by Gasteiger charge is -2.30. The highest BCUT2D eigenvalue weighted by molar-refractivity contribution is 5.61. The molecular weight excluding hydrogens is 262 g/mol. The van der Waals surface area contributed by atoms with Crippen LogP contribution in [0.2, 0.25) is 0 Å². The molecule has 3 N–H and O–H groups in total. The number of likely N-dealkylation sites (tertiary alicyclic amines) is 1. The highest BCUT2D eigenvalue weighted by Crippen LogP contribution is 2.26. The molecule has 4 nitrogen and oxygen atoms in total. The molecule has 1 aromatic rings. The van der Waals surface area contributed by atoms with Crippen LogP contribution in [0.15, 0.2) is 18.2 Å². The Labute approximate surface area is 128 Å². The number of hydrogen-bond acceptors (Lipinski definition) is 4. The lowest BCUT2D eigenvalue weighted by molar-refractivity contribution is 0.199. The van der Waals surface area contributed by atoms with Crippen molar-refractivity contribution in [1.82, 2.24) is 4.90 Å². The van der Waals surface area contributed by atoms with Crippen LogP contribution in [0, 0.1) is 5.92 Å². The molecule has 0 bridgehead atoms. The number of rotatable bonds is 6. The Morgan fingerprint density at radius 3 is 2.71 bits per heavy atom. The summed E-state index contributed by atoms with van der Waals surface area (Å²) in [5.41, 5.74) is 7.70. The van der Waals surface area contributed by atoms with Crippen LogP contribution in [0.5, 0.6) is 5.75 Å². The second-order valence-electron chi connectivity index (χ2n) is 6.37. The van der Waals surface area contributed by atoms with Crippen molar-refractivity contribution in [2.75, 3.05) is 37.2 Å². The van der Waals surface area contributed by atoms with Gasteiger partial charge in [0.25, 0.3) is 0 Å². The smallest absolute Gasteiger partial charge is 0.144 e. The number of nitrogens with zero attached hydrogens (tertiary/aromatic N) is 1. The fraction of sp³-hybridized carbons (Fsp3) is 0.647. The SMILES string of the molecule is CC1CCN(CCNc2ccc(N)c(OC(C)C)c2)CC1. The Hall–Kier alpha value is -1.42. The number of nitrogen functional groups attached to an aromatic ring is 1. The second-order valence-corrected chi connectivity index (χ2v) is 6.37. The number of nitrogens with two attached hydrogens (primary N) is 1. The Balaban J connectivity index is 1.80. The lowest BCUT2D eigenvalue weighted by atomic mass is 9.99. The van der Waals surface area contributed by atoms with Gasteiger partial charge in [-0.1, -0.05) is 6.92 Å². The van der Waals surface area contributed by atoms with Gasteiger partial charge in [-0.2, -0.15) is 0 Å². The molecule has 1 heterocycles. The first-order valence-electron chi connectivity index (χ1n) is 8.07. The van der Waals surface area contributed by atoms with Crippen LogP contribution in [0.1, 0.15) is 33.6 Å². The Bertz CT molecular complexity index is 440. The second kappa shape index (κ2) is 7.55. The minimum Gasteiger partial charge on any atom is -0.489 e. The highest BCUT2D eigenvalue weighted by Gasteiger charge is 2.14. The Morgan fingerprint density at radius 2 is 2.05 bits per heavy atom. The van der Waals surface area contributed by atoms with E-state index >= 15 is 0 Å². The molecule has 0 aliphatic carbocycles. The van der Waals surface area contributed by atoms with E-state index in [1.807, 2.05) is 32.0 Å². The van der Waals surface area contributed by atoms with E-state index in [1.54, 1.807) is 0 Å². The maximum Gasteiger partial charge on any atom is 0.144 e. The summed E-state index contributed by atoms with van der Waals surface area (Å²) in [5.74, 6) is 1.66. The van der Waals surface area contributed by atoms with Crippen molar-refractivity contribution in [2.24, 2.45) is 5.92 Å². The maximum absolute atomic E-state index is 5.94. The van der Waals surface area contributed by atoms with E-state index in [2.05, 4.69) is 17.1 Å². The summed E-state index contributed by atoms with van der Waals surface area (Å²) in [4.78, 5) is 2.54. The molecule has 1 saturated heterocycles. The predicted molar refractivity (Wildman–Crippen MR) is 89.9 cm³/mol. The molecule has 0 saturated carbocycles.